The molecule has 2 N–H and O–H groups in total. The number of hydrogen-bond acceptors (Lipinski definition) is 6. The lowest BCUT2D eigenvalue weighted by atomic mass is 9.64. The molecule has 0 spiro atoms. The van der Waals surface area contributed by atoms with Gasteiger partial charge in [-0.15, -0.1) is 0 Å². The van der Waals surface area contributed by atoms with Crippen molar-refractivity contribution in [2.24, 2.45) is 5.41 Å². The summed E-state index contributed by atoms with van der Waals surface area (Å²) in [5, 5.41) is 17.2. The van der Waals surface area contributed by atoms with Crippen molar-refractivity contribution in [1.82, 2.24) is 4.98 Å². The Balaban J connectivity index is 2.18. The van der Waals surface area contributed by atoms with Crippen LogP contribution in [0, 0.1) is 15.5 Å². The third-order valence-electron chi connectivity index (χ3n) is 4.18. The van der Waals surface area contributed by atoms with Gasteiger partial charge in [-0.05, 0) is 19.4 Å². The van der Waals surface area contributed by atoms with E-state index in [1.54, 1.807) is 13.1 Å². The topological polar surface area (TPSA) is 89.3 Å². The Morgan fingerprint density at radius 2 is 2.24 bits per heavy atom. The van der Waals surface area contributed by atoms with Crippen molar-refractivity contribution in [3.8, 4) is 0 Å². The Bertz CT molecular complexity index is 533. The zero-order valence-electron chi connectivity index (χ0n) is 12.8. The molecule has 1 aliphatic carbocycles. The van der Waals surface area contributed by atoms with Gasteiger partial charge in [0.2, 0.25) is 5.82 Å². The molecule has 21 heavy (non-hydrogen) atoms. The van der Waals surface area contributed by atoms with Crippen molar-refractivity contribution >= 4 is 17.3 Å². The van der Waals surface area contributed by atoms with E-state index < -0.39 is 4.92 Å². The third kappa shape index (κ3) is 2.92. The lowest BCUT2D eigenvalue weighted by Gasteiger charge is -2.51. The lowest BCUT2D eigenvalue weighted by Crippen LogP contribution is -2.58. The summed E-state index contributed by atoms with van der Waals surface area (Å²) in [4.78, 5) is 15.0. The van der Waals surface area contributed by atoms with Crippen molar-refractivity contribution in [1.29, 1.82) is 0 Å². The van der Waals surface area contributed by atoms with Gasteiger partial charge < -0.3 is 15.4 Å². The second-order valence-corrected chi connectivity index (χ2v) is 5.77. The highest BCUT2D eigenvalue weighted by molar-refractivity contribution is 5.61. The van der Waals surface area contributed by atoms with E-state index >= 15 is 0 Å². The maximum Gasteiger partial charge on any atom is 0.311 e. The minimum Gasteiger partial charge on any atom is -0.378 e. The van der Waals surface area contributed by atoms with Crippen LogP contribution in [0.15, 0.2) is 12.1 Å². The molecule has 7 nitrogen and oxygen atoms in total. The van der Waals surface area contributed by atoms with E-state index in [0.29, 0.717) is 18.2 Å². The quantitative estimate of drug-likeness (QED) is 0.619. The predicted octanol–water partition coefficient (Wildman–Crippen LogP) is 2.65. The lowest BCUT2D eigenvalue weighted by molar-refractivity contribution is -0.384. The van der Waals surface area contributed by atoms with E-state index in [4.69, 9.17) is 4.74 Å². The molecule has 1 aromatic heterocycles. The number of hydrogen-bond donors (Lipinski definition) is 2. The summed E-state index contributed by atoms with van der Waals surface area (Å²) in [5.41, 5.74) is -0.0917. The Kier molecular flexibility index (Phi) is 4.32. The largest absolute Gasteiger partial charge is 0.378 e. The molecule has 0 aliphatic heterocycles. The first-order valence-electron chi connectivity index (χ1n) is 7.11. The average molecular weight is 294 g/mol. The molecule has 1 saturated carbocycles. The molecule has 0 aromatic carbocycles. The van der Waals surface area contributed by atoms with Gasteiger partial charge in [0.1, 0.15) is 5.82 Å². The summed E-state index contributed by atoms with van der Waals surface area (Å²) in [6.07, 6.45) is 0.996. The van der Waals surface area contributed by atoms with E-state index in [1.165, 1.54) is 6.07 Å². The van der Waals surface area contributed by atoms with E-state index in [0.717, 1.165) is 6.42 Å². The molecule has 2 rings (SSSR count). The fourth-order valence-corrected chi connectivity index (χ4v) is 2.62. The van der Waals surface area contributed by atoms with Crippen molar-refractivity contribution in [3.05, 3.63) is 22.2 Å². The number of anilines is 2. The first-order chi connectivity index (χ1) is 9.90. The minimum atomic E-state index is -0.416. The predicted molar refractivity (Wildman–Crippen MR) is 81.7 cm³/mol. The summed E-state index contributed by atoms with van der Waals surface area (Å²) >= 11 is 0. The number of nitro groups is 1. The van der Waals surface area contributed by atoms with Crippen molar-refractivity contribution in [2.75, 3.05) is 24.3 Å². The number of ether oxygens (including phenoxy) is 1. The standard InChI is InChI=1S/C14H22N4O3/c1-5-21-11-8-10(14(11,2)3)16-13-9(18(19)20)6-7-12(15-4)17-13/h6-7,10-11H,5,8H2,1-4H3,(H2,15,16,17). The van der Waals surface area contributed by atoms with Gasteiger partial charge in [0.15, 0.2) is 0 Å². The zero-order valence-corrected chi connectivity index (χ0v) is 12.8. The van der Waals surface area contributed by atoms with Crippen LogP contribution in [-0.4, -0.2) is 35.7 Å². The van der Waals surface area contributed by atoms with Crippen LogP contribution >= 0.6 is 0 Å². The van der Waals surface area contributed by atoms with Gasteiger partial charge in [-0.3, -0.25) is 10.1 Å². The van der Waals surface area contributed by atoms with Crippen LogP contribution < -0.4 is 10.6 Å². The van der Waals surface area contributed by atoms with Gasteiger partial charge in [0.25, 0.3) is 0 Å². The highest BCUT2D eigenvalue weighted by Crippen LogP contribution is 2.45. The highest BCUT2D eigenvalue weighted by atomic mass is 16.6. The molecule has 7 heteroatoms. The van der Waals surface area contributed by atoms with E-state index in [-0.39, 0.29) is 23.2 Å². The molecule has 2 unspecified atom stereocenters. The summed E-state index contributed by atoms with van der Waals surface area (Å²) in [6, 6.07) is 3.16. The van der Waals surface area contributed by atoms with Crippen LogP contribution in [0.2, 0.25) is 0 Å². The molecular formula is C14H22N4O3. The number of pyridine rings is 1. The molecule has 116 valence electrons. The fourth-order valence-electron chi connectivity index (χ4n) is 2.62. The summed E-state index contributed by atoms with van der Waals surface area (Å²) in [6.45, 7) is 6.85. The maximum atomic E-state index is 11.1. The van der Waals surface area contributed by atoms with Crippen molar-refractivity contribution in [3.63, 3.8) is 0 Å². The minimum absolute atomic E-state index is 0.00957. The molecule has 0 radical (unpaired) electrons. The average Bonchev–Trinajstić information content (AvgIpc) is 2.45. The Labute approximate surface area is 124 Å². The monoisotopic (exact) mass is 294 g/mol. The van der Waals surface area contributed by atoms with Crippen LogP contribution in [0.4, 0.5) is 17.3 Å². The van der Waals surface area contributed by atoms with Gasteiger partial charge >= 0.3 is 5.69 Å². The van der Waals surface area contributed by atoms with Crippen LogP contribution in [0.5, 0.6) is 0 Å². The highest BCUT2D eigenvalue weighted by Gasteiger charge is 2.49. The van der Waals surface area contributed by atoms with Crippen LogP contribution in [0.25, 0.3) is 0 Å². The fraction of sp³-hybridized carbons (Fsp3) is 0.643. The Morgan fingerprint density at radius 1 is 1.52 bits per heavy atom. The molecule has 0 bridgehead atoms. The summed E-state index contributed by atoms with van der Waals surface area (Å²) in [7, 11) is 1.73. The van der Waals surface area contributed by atoms with Gasteiger partial charge in [-0.1, -0.05) is 13.8 Å². The molecule has 1 aromatic rings. The summed E-state index contributed by atoms with van der Waals surface area (Å²) in [5.74, 6) is 0.904. The first-order valence-corrected chi connectivity index (χ1v) is 7.11. The SMILES string of the molecule is CCOC1CC(Nc2nc(NC)ccc2[N+](=O)[O-])C1(C)C. The van der Waals surface area contributed by atoms with Crippen LogP contribution in [0.1, 0.15) is 27.2 Å². The number of aromatic nitrogens is 1. The van der Waals surface area contributed by atoms with Crippen LogP contribution in [0.3, 0.4) is 0 Å². The van der Waals surface area contributed by atoms with Crippen LogP contribution in [-0.2, 0) is 4.74 Å². The smallest absolute Gasteiger partial charge is 0.311 e. The normalized spacial score (nSPS) is 23.2. The summed E-state index contributed by atoms with van der Waals surface area (Å²) < 4.78 is 5.68. The second kappa shape index (κ2) is 5.85. The number of rotatable bonds is 6. The molecule has 2 atom stereocenters. The molecule has 0 saturated heterocycles. The van der Waals surface area contributed by atoms with Gasteiger partial charge in [-0.25, -0.2) is 4.98 Å². The second-order valence-electron chi connectivity index (χ2n) is 5.77. The zero-order chi connectivity index (χ0) is 15.6. The van der Waals surface area contributed by atoms with E-state index in [9.17, 15) is 10.1 Å². The van der Waals surface area contributed by atoms with Gasteiger partial charge in [0.05, 0.1) is 11.0 Å². The molecular weight excluding hydrogens is 272 g/mol. The molecule has 0 amide bonds. The van der Waals surface area contributed by atoms with Gasteiger partial charge in [-0.2, -0.15) is 0 Å². The molecule has 1 heterocycles. The van der Waals surface area contributed by atoms with E-state index in [2.05, 4.69) is 29.5 Å². The van der Waals surface area contributed by atoms with Crippen molar-refractivity contribution in [2.45, 2.75) is 39.3 Å². The van der Waals surface area contributed by atoms with E-state index in [1.807, 2.05) is 6.92 Å². The number of nitrogens with one attached hydrogen (secondary N) is 2. The van der Waals surface area contributed by atoms with Gasteiger partial charge in [0, 0.05) is 31.2 Å². The molecule has 1 aliphatic rings. The third-order valence-corrected chi connectivity index (χ3v) is 4.18. The Morgan fingerprint density at radius 3 is 2.76 bits per heavy atom. The maximum absolute atomic E-state index is 11.1. The first kappa shape index (κ1) is 15.5. The number of nitrogens with zero attached hydrogens (tertiary/aromatic N) is 2. The Hall–Kier alpha value is -1.89. The molecule has 1 fully saturated rings. The van der Waals surface area contributed by atoms with Crippen molar-refractivity contribution < 1.29 is 9.66 Å².